The van der Waals surface area contributed by atoms with Crippen molar-refractivity contribution in [3.63, 3.8) is 0 Å². The van der Waals surface area contributed by atoms with Crippen molar-refractivity contribution in [3.8, 4) is 0 Å². The summed E-state index contributed by atoms with van der Waals surface area (Å²) < 4.78 is 4.64. The summed E-state index contributed by atoms with van der Waals surface area (Å²) in [6, 6.07) is -1.29. The van der Waals surface area contributed by atoms with Gasteiger partial charge >= 0.3 is 0 Å². The maximum absolute atomic E-state index is 9.16. The summed E-state index contributed by atoms with van der Waals surface area (Å²) >= 11 is 0. The van der Waals surface area contributed by atoms with E-state index < -0.39 is 37.3 Å². The molecule has 1 rings (SSSR count). The normalized spacial score (nSPS) is 36.9. The van der Waals surface area contributed by atoms with Crippen LogP contribution in [-0.4, -0.2) is 57.7 Å². The first-order valence-electron chi connectivity index (χ1n) is 3.59. The Kier molecular flexibility index (Phi) is 28.5. The first-order chi connectivity index (χ1) is 5.57. The first kappa shape index (κ1) is 29.5. The second-order valence-electron chi connectivity index (χ2n) is 2.75. The van der Waals surface area contributed by atoms with E-state index in [1.54, 1.807) is 0 Å². The summed E-state index contributed by atoms with van der Waals surface area (Å²) in [5.41, 5.74) is 7.11. The van der Waals surface area contributed by atoms with Crippen molar-refractivity contribution in [2.45, 2.75) is 30.6 Å². The fourth-order valence-corrected chi connectivity index (χ4v) is 1.10. The number of ether oxygens (including phenoxy) is 1. The Morgan fingerprint density at radius 3 is 1.75 bits per heavy atom. The van der Waals surface area contributed by atoms with Gasteiger partial charge in [-0.25, -0.2) is 0 Å². The molecule has 0 amide bonds. The third-order valence-corrected chi connectivity index (χ3v) is 1.90. The quantitative estimate of drug-likeness (QED) is 0.240. The van der Waals surface area contributed by atoms with Gasteiger partial charge in [-0.15, -0.1) is 0 Å². The molecule has 0 spiro atoms. The predicted molar refractivity (Wildman–Crippen MR) is 38.1 cm³/mol. The summed E-state index contributed by atoms with van der Waals surface area (Å²) in [4.78, 5) is 0. The van der Waals surface area contributed by atoms with E-state index in [4.69, 9.17) is 26.2 Å². The van der Waals surface area contributed by atoms with E-state index in [9.17, 15) is 0 Å². The fraction of sp³-hybridized carbons (Fsp3) is 1.00. The van der Waals surface area contributed by atoms with Crippen LogP contribution in [0.25, 0.3) is 5.73 Å². The Labute approximate surface area is 237 Å². The van der Waals surface area contributed by atoms with Crippen LogP contribution in [0, 0.1) is 176 Å². The zero-order valence-corrected chi connectivity index (χ0v) is 27.6. The van der Waals surface area contributed by atoms with Gasteiger partial charge in [-0.1, -0.05) is 6.04 Å². The van der Waals surface area contributed by atoms with Crippen molar-refractivity contribution in [3.05, 3.63) is 5.73 Å². The van der Waals surface area contributed by atoms with E-state index >= 15 is 0 Å². The second kappa shape index (κ2) is 15.4. The van der Waals surface area contributed by atoms with Crippen molar-refractivity contribution in [2.24, 2.45) is 0 Å². The number of hydrogen-bond acceptors (Lipinski definition) is 5. The summed E-state index contributed by atoms with van der Waals surface area (Å²) in [5, 5.41) is 35.9. The minimum absolute atomic E-state index is 0. The topological polar surface area (TPSA) is 114 Å². The molecule has 6 nitrogen and oxygen atoms in total. The molecule has 5 atom stereocenters. The first-order valence-corrected chi connectivity index (χ1v) is 3.59. The minimum Gasteiger partial charge on any atom is -0.668 e. The monoisotopic (exact) mass is 1090 g/mol. The number of nitrogens with one attached hydrogen (secondary N) is 1. The smallest absolute Gasteiger partial charge is 0.141 e. The number of aliphatic hydroxyl groups is 4. The Morgan fingerprint density at radius 2 is 1.38 bits per heavy atom. The van der Waals surface area contributed by atoms with Crippen molar-refractivity contribution in [1.29, 1.82) is 0 Å². The summed E-state index contributed by atoms with van der Waals surface area (Å²) in [6.07, 6.45) is -5.18. The molecular weight excluding hydrogens is 1070 g/mol. The van der Waals surface area contributed by atoms with Gasteiger partial charge in [0, 0.05) is 176 Å². The molecule has 0 saturated carbocycles. The summed E-state index contributed by atoms with van der Waals surface area (Å²) in [5.74, 6) is 0. The van der Waals surface area contributed by atoms with E-state index in [1.165, 1.54) is 0 Å². The number of rotatable bonds is 1. The van der Waals surface area contributed by atoms with E-state index in [1.807, 2.05) is 0 Å². The molecule has 1 aliphatic rings. The Hall–Kier alpha value is 5.53. The SMILES string of the molecule is [Ac].[Ac].[Ac].[Ac].[NH-]C1C(O)[C@@H](O)C(CO)O[C@H]1O. The van der Waals surface area contributed by atoms with Crippen LogP contribution in [0.1, 0.15) is 0 Å². The van der Waals surface area contributed by atoms with E-state index in [-0.39, 0.29) is 176 Å². The standard InChI is InChI=1S/C6H12NO5.4Ac/c7-3-5(10)4(9)2(1-8)12-6(3)11;;;;/h2-11H,1H2;;;;/q-1;;;;/t2?,3?,4-,5?,6+;;;;/m0..../s1. The van der Waals surface area contributed by atoms with Gasteiger partial charge in [-0.05, 0) is 0 Å². The van der Waals surface area contributed by atoms with Gasteiger partial charge < -0.3 is 30.9 Å². The third kappa shape index (κ3) is 8.85. The maximum Gasteiger partial charge on any atom is 0.141 e. The second-order valence-corrected chi connectivity index (χ2v) is 2.75. The Morgan fingerprint density at radius 1 is 0.938 bits per heavy atom. The average molecular weight is 1090 g/mol. The molecule has 16 heavy (non-hydrogen) atoms. The molecule has 84 valence electrons. The molecular formula is C6H12Ac4NO5-. The van der Waals surface area contributed by atoms with Crippen LogP contribution in [0.4, 0.5) is 0 Å². The van der Waals surface area contributed by atoms with Crippen LogP contribution < -0.4 is 0 Å². The molecule has 1 heterocycles. The van der Waals surface area contributed by atoms with Crippen LogP contribution in [0.2, 0.25) is 0 Å². The number of hydrogen-bond donors (Lipinski definition) is 4. The van der Waals surface area contributed by atoms with Gasteiger partial charge in [0.05, 0.1) is 12.7 Å². The van der Waals surface area contributed by atoms with Crippen LogP contribution in [0.15, 0.2) is 0 Å². The van der Waals surface area contributed by atoms with Crippen molar-refractivity contribution in [2.75, 3.05) is 6.61 Å². The van der Waals surface area contributed by atoms with E-state index in [0.29, 0.717) is 0 Å². The molecule has 1 fully saturated rings. The van der Waals surface area contributed by atoms with E-state index in [0.717, 1.165) is 0 Å². The average Bonchev–Trinajstić information content (AvgIpc) is 2.08. The third-order valence-electron chi connectivity index (χ3n) is 1.90. The Bertz CT molecular complexity index is 163. The van der Waals surface area contributed by atoms with Crippen LogP contribution >= 0.6 is 0 Å². The maximum atomic E-state index is 9.16. The molecule has 1 saturated heterocycles. The van der Waals surface area contributed by atoms with Gasteiger partial charge in [-0.3, -0.25) is 0 Å². The van der Waals surface area contributed by atoms with Crippen molar-refractivity contribution < 1.29 is 201 Å². The van der Waals surface area contributed by atoms with Crippen LogP contribution in [-0.2, 0) is 4.74 Å². The van der Waals surface area contributed by atoms with Crippen LogP contribution in [0.5, 0.6) is 0 Å². The van der Waals surface area contributed by atoms with Gasteiger partial charge in [-0.2, -0.15) is 0 Å². The van der Waals surface area contributed by atoms with Gasteiger partial charge in [0.1, 0.15) is 18.5 Å². The minimum atomic E-state index is -1.46. The largest absolute Gasteiger partial charge is 0.668 e. The molecule has 1 aliphatic heterocycles. The summed E-state index contributed by atoms with van der Waals surface area (Å²) in [7, 11) is 0. The molecule has 0 aromatic rings. The molecule has 3 unspecified atom stereocenters. The van der Waals surface area contributed by atoms with Crippen molar-refractivity contribution in [1.82, 2.24) is 0 Å². The van der Waals surface area contributed by atoms with Crippen LogP contribution in [0.3, 0.4) is 0 Å². The molecule has 4 radical (unpaired) electrons. The Balaban J connectivity index is -0.000000180. The molecule has 10 heteroatoms. The summed E-state index contributed by atoms with van der Waals surface area (Å²) in [6.45, 7) is -0.498. The molecule has 0 aromatic carbocycles. The predicted octanol–water partition coefficient (Wildman–Crippen LogP) is -2.16. The van der Waals surface area contributed by atoms with E-state index in [2.05, 4.69) is 4.74 Å². The molecule has 5 N–H and O–H groups in total. The fourth-order valence-electron chi connectivity index (χ4n) is 1.10. The van der Waals surface area contributed by atoms with Crippen molar-refractivity contribution >= 4 is 0 Å². The molecule has 0 aliphatic carbocycles. The zero-order chi connectivity index (χ0) is 9.30. The van der Waals surface area contributed by atoms with Gasteiger partial charge in [0.15, 0.2) is 0 Å². The molecule has 0 aromatic heterocycles. The van der Waals surface area contributed by atoms with Gasteiger partial charge in [0.2, 0.25) is 0 Å². The number of aliphatic hydroxyl groups excluding tert-OH is 4. The molecule has 0 bridgehead atoms. The zero-order valence-electron chi connectivity index (χ0n) is 8.60. The van der Waals surface area contributed by atoms with Gasteiger partial charge in [0.25, 0.3) is 0 Å².